The van der Waals surface area contributed by atoms with E-state index in [1.165, 1.54) is 11.3 Å². The van der Waals surface area contributed by atoms with Gasteiger partial charge in [-0.05, 0) is 19.4 Å². The molecular formula is C12H16ClN3O2S. The first-order valence-corrected chi connectivity index (χ1v) is 6.69. The number of nitriles is 1. The van der Waals surface area contributed by atoms with E-state index in [-0.39, 0.29) is 24.4 Å². The number of ether oxygens (including phenoxy) is 1. The third-order valence-corrected chi connectivity index (χ3v) is 4.00. The number of carbonyl (C=O) groups excluding carboxylic acids is 1. The number of thiophene rings is 1. The Kier molecular flexibility index (Phi) is 5.60. The lowest BCUT2D eigenvalue weighted by atomic mass is 10.3. The van der Waals surface area contributed by atoms with Crippen molar-refractivity contribution in [1.29, 1.82) is 5.26 Å². The molecule has 1 aromatic rings. The van der Waals surface area contributed by atoms with Gasteiger partial charge in [0.05, 0.1) is 12.2 Å². The molecule has 7 heteroatoms. The summed E-state index contributed by atoms with van der Waals surface area (Å²) >= 11 is 1.30. The molecule has 1 aromatic heterocycles. The molecule has 0 aromatic carbocycles. The third-order valence-electron chi connectivity index (χ3n) is 2.82. The molecule has 0 aliphatic carbocycles. The van der Waals surface area contributed by atoms with Gasteiger partial charge in [-0.3, -0.25) is 0 Å². The van der Waals surface area contributed by atoms with E-state index in [0.717, 1.165) is 24.5 Å². The van der Waals surface area contributed by atoms with Crippen LogP contribution in [0.25, 0.3) is 0 Å². The summed E-state index contributed by atoms with van der Waals surface area (Å²) in [6.07, 6.45) is 0.914. The van der Waals surface area contributed by atoms with Crippen LogP contribution in [0, 0.1) is 11.3 Å². The smallest absolute Gasteiger partial charge is 0.348 e. The molecule has 1 aliphatic heterocycles. The van der Waals surface area contributed by atoms with E-state index >= 15 is 0 Å². The minimum Gasteiger partial charge on any atom is -0.462 e. The van der Waals surface area contributed by atoms with Crippen LogP contribution in [0.15, 0.2) is 6.07 Å². The summed E-state index contributed by atoms with van der Waals surface area (Å²) in [5, 5.41) is 9.94. The Hall–Kier alpha value is -1.29. The zero-order valence-electron chi connectivity index (χ0n) is 10.6. The minimum absolute atomic E-state index is 0. The molecule has 1 unspecified atom stereocenters. The van der Waals surface area contributed by atoms with Crippen LogP contribution in [0.4, 0.5) is 5.00 Å². The highest BCUT2D eigenvalue weighted by Gasteiger charge is 2.25. The van der Waals surface area contributed by atoms with Crippen LogP contribution in [-0.2, 0) is 4.74 Å². The second-order valence-electron chi connectivity index (χ2n) is 4.16. The molecule has 2 N–H and O–H groups in total. The van der Waals surface area contributed by atoms with Gasteiger partial charge < -0.3 is 15.4 Å². The number of hydrogen-bond donors (Lipinski definition) is 1. The molecule has 0 radical (unpaired) electrons. The van der Waals surface area contributed by atoms with E-state index < -0.39 is 0 Å². The summed E-state index contributed by atoms with van der Waals surface area (Å²) in [5.74, 6) is -0.367. The minimum atomic E-state index is -0.367. The lowest BCUT2D eigenvalue weighted by Gasteiger charge is -2.15. The lowest BCUT2D eigenvalue weighted by molar-refractivity contribution is 0.0532. The molecule has 1 fully saturated rings. The van der Waals surface area contributed by atoms with Crippen LogP contribution < -0.4 is 10.6 Å². The predicted molar refractivity (Wildman–Crippen MR) is 77.0 cm³/mol. The molecule has 0 amide bonds. The number of anilines is 1. The highest BCUT2D eigenvalue weighted by Crippen LogP contribution is 2.33. The summed E-state index contributed by atoms with van der Waals surface area (Å²) in [6, 6.07) is 3.87. The highest BCUT2D eigenvalue weighted by atomic mass is 35.5. The molecule has 5 nitrogen and oxygen atoms in total. The first-order chi connectivity index (χ1) is 8.65. The van der Waals surface area contributed by atoms with Crippen molar-refractivity contribution in [2.75, 3.05) is 24.6 Å². The number of nitrogens with zero attached hydrogens (tertiary/aromatic N) is 2. The van der Waals surface area contributed by atoms with E-state index in [0.29, 0.717) is 17.0 Å². The molecule has 2 rings (SSSR count). The van der Waals surface area contributed by atoms with Crippen molar-refractivity contribution in [1.82, 2.24) is 0 Å². The summed E-state index contributed by atoms with van der Waals surface area (Å²) in [5.41, 5.74) is 6.38. The van der Waals surface area contributed by atoms with Crippen LogP contribution in [0.5, 0.6) is 0 Å². The van der Waals surface area contributed by atoms with Gasteiger partial charge in [0.25, 0.3) is 0 Å². The number of carbonyl (C=O) groups is 1. The Bertz CT molecular complexity index is 498. The Morgan fingerprint density at radius 2 is 2.47 bits per heavy atom. The van der Waals surface area contributed by atoms with Crippen molar-refractivity contribution in [3.63, 3.8) is 0 Å². The fraction of sp³-hybridized carbons (Fsp3) is 0.500. The zero-order valence-corrected chi connectivity index (χ0v) is 12.2. The van der Waals surface area contributed by atoms with Crippen molar-refractivity contribution in [3.05, 3.63) is 16.5 Å². The average Bonchev–Trinajstić information content (AvgIpc) is 2.94. The molecule has 104 valence electrons. The fourth-order valence-corrected chi connectivity index (χ4v) is 3.01. The molecule has 1 aliphatic rings. The van der Waals surface area contributed by atoms with E-state index in [4.69, 9.17) is 15.7 Å². The van der Waals surface area contributed by atoms with Gasteiger partial charge in [-0.25, -0.2) is 4.79 Å². The third kappa shape index (κ3) is 3.38. The molecule has 1 atom stereocenters. The standard InChI is InChI=1S/C12H15N3O2S.ClH/c1-2-17-12(16)10-5-8(6-13)11(18-10)15-4-3-9(14)7-15;/h5,9H,2-4,7,14H2,1H3;1H. The van der Waals surface area contributed by atoms with Gasteiger partial charge in [0.2, 0.25) is 0 Å². The van der Waals surface area contributed by atoms with Crippen LogP contribution in [0.3, 0.4) is 0 Å². The molecule has 19 heavy (non-hydrogen) atoms. The van der Waals surface area contributed by atoms with Crippen LogP contribution in [0.1, 0.15) is 28.6 Å². The quantitative estimate of drug-likeness (QED) is 0.861. The van der Waals surface area contributed by atoms with E-state index in [9.17, 15) is 4.79 Å². The molecule has 1 saturated heterocycles. The Labute approximate surface area is 122 Å². The normalized spacial score (nSPS) is 17.7. The van der Waals surface area contributed by atoms with Crippen molar-refractivity contribution in [2.24, 2.45) is 5.73 Å². The Morgan fingerprint density at radius 1 is 1.74 bits per heavy atom. The number of nitrogens with two attached hydrogens (primary N) is 1. The Balaban J connectivity index is 0.00000180. The van der Waals surface area contributed by atoms with Gasteiger partial charge in [-0.1, -0.05) is 0 Å². The van der Waals surface area contributed by atoms with Crippen LogP contribution in [-0.4, -0.2) is 31.7 Å². The van der Waals surface area contributed by atoms with Crippen molar-refractivity contribution >= 4 is 34.7 Å². The number of halogens is 1. The number of rotatable bonds is 3. The van der Waals surface area contributed by atoms with Gasteiger partial charge in [0.1, 0.15) is 15.9 Å². The molecule has 0 saturated carbocycles. The monoisotopic (exact) mass is 301 g/mol. The zero-order chi connectivity index (χ0) is 13.1. The first-order valence-electron chi connectivity index (χ1n) is 5.87. The largest absolute Gasteiger partial charge is 0.462 e. The summed E-state index contributed by atoms with van der Waals surface area (Å²) in [4.78, 5) is 14.2. The maximum absolute atomic E-state index is 11.6. The van der Waals surface area contributed by atoms with E-state index in [1.807, 2.05) is 0 Å². The van der Waals surface area contributed by atoms with E-state index in [1.54, 1.807) is 13.0 Å². The SMILES string of the molecule is CCOC(=O)c1cc(C#N)c(N2CCC(N)C2)s1.Cl. The lowest BCUT2D eigenvalue weighted by Crippen LogP contribution is -2.26. The van der Waals surface area contributed by atoms with Crippen LogP contribution >= 0.6 is 23.7 Å². The molecule has 0 spiro atoms. The predicted octanol–water partition coefficient (Wildman–Crippen LogP) is 1.76. The van der Waals surface area contributed by atoms with Gasteiger partial charge in [0, 0.05) is 19.1 Å². The summed E-state index contributed by atoms with van der Waals surface area (Å²) in [7, 11) is 0. The average molecular weight is 302 g/mol. The van der Waals surface area contributed by atoms with Gasteiger partial charge >= 0.3 is 5.97 Å². The van der Waals surface area contributed by atoms with Gasteiger partial charge in [-0.2, -0.15) is 5.26 Å². The topological polar surface area (TPSA) is 79.4 Å². The molecular weight excluding hydrogens is 286 g/mol. The van der Waals surface area contributed by atoms with Crippen molar-refractivity contribution in [2.45, 2.75) is 19.4 Å². The second-order valence-corrected chi connectivity index (χ2v) is 5.19. The van der Waals surface area contributed by atoms with Gasteiger partial charge in [-0.15, -0.1) is 23.7 Å². The first kappa shape index (κ1) is 15.8. The maximum atomic E-state index is 11.6. The Morgan fingerprint density at radius 3 is 3.00 bits per heavy atom. The maximum Gasteiger partial charge on any atom is 0.348 e. The van der Waals surface area contributed by atoms with Crippen LogP contribution in [0.2, 0.25) is 0 Å². The molecule has 0 bridgehead atoms. The number of hydrogen-bond acceptors (Lipinski definition) is 6. The van der Waals surface area contributed by atoms with Gasteiger partial charge in [0.15, 0.2) is 0 Å². The highest BCUT2D eigenvalue weighted by molar-refractivity contribution is 7.18. The molecule has 2 heterocycles. The summed E-state index contributed by atoms with van der Waals surface area (Å²) in [6.45, 7) is 3.66. The van der Waals surface area contributed by atoms with Crippen molar-refractivity contribution < 1.29 is 9.53 Å². The van der Waals surface area contributed by atoms with E-state index in [2.05, 4.69) is 11.0 Å². The van der Waals surface area contributed by atoms with Crippen molar-refractivity contribution in [3.8, 4) is 6.07 Å². The second kappa shape index (κ2) is 6.75. The fourth-order valence-electron chi connectivity index (χ4n) is 1.97. The summed E-state index contributed by atoms with van der Waals surface area (Å²) < 4.78 is 4.94. The number of esters is 1.